The van der Waals surface area contributed by atoms with Gasteiger partial charge in [-0.05, 0) is 48.3 Å². The van der Waals surface area contributed by atoms with Crippen molar-refractivity contribution in [1.29, 1.82) is 0 Å². The number of sulfonamides is 1. The van der Waals surface area contributed by atoms with Gasteiger partial charge in [-0.15, -0.1) is 0 Å². The molecule has 1 saturated carbocycles. The molecule has 2 aliphatic heterocycles. The van der Waals surface area contributed by atoms with Crippen LogP contribution in [0.4, 0.5) is 5.69 Å². The van der Waals surface area contributed by atoms with E-state index in [-0.39, 0.29) is 52.7 Å². The fourth-order valence-electron chi connectivity index (χ4n) is 6.05. The largest absolute Gasteiger partial charge is 0.466 e. The molecule has 1 amide bonds. The van der Waals surface area contributed by atoms with E-state index in [1.807, 2.05) is 0 Å². The highest BCUT2D eigenvalue weighted by Crippen LogP contribution is 2.53. The van der Waals surface area contributed by atoms with Crippen molar-refractivity contribution in [3.05, 3.63) is 35.5 Å². The summed E-state index contributed by atoms with van der Waals surface area (Å²) >= 11 is 0. The summed E-state index contributed by atoms with van der Waals surface area (Å²) < 4.78 is 33.7. The topological polar surface area (TPSA) is 116 Å². The molecule has 2 bridgehead atoms. The van der Waals surface area contributed by atoms with Crippen LogP contribution >= 0.6 is 0 Å². The molecule has 0 radical (unpaired) electrons. The molecule has 2 N–H and O–H groups in total. The van der Waals surface area contributed by atoms with Crippen molar-refractivity contribution in [2.24, 2.45) is 10.8 Å². The zero-order valence-corrected chi connectivity index (χ0v) is 20.9. The Hall–Kier alpha value is -2.43. The van der Waals surface area contributed by atoms with E-state index in [0.717, 1.165) is 19.3 Å². The van der Waals surface area contributed by atoms with Gasteiger partial charge in [0.25, 0.3) is 5.91 Å². The number of carbonyl (C=O) groups excluding carboxylic acids is 2. The van der Waals surface area contributed by atoms with Crippen molar-refractivity contribution in [1.82, 2.24) is 9.21 Å². The third kappa shape index (κ3) is 4.46. The molecular formula is C24H33N3O6S. The lowest BCUT2D eigenvalue weighted by atomic mass is 9.65. The highest BCUT2D eigenvalue weighted by molar-refractivity contribution is 7.89. The number of anilines is 1. The fourth-order valence-corrected chi connectivity index (χ4v) is 7.87. The number of nitrogens with zero attached hydrogens (tertiary/aromatic N) is 2. The number of aliphatic hydroxyl groups excluding tert-OH is 1. The standard InChI is InChI=1S/C24H33N3O6S/c1-23(2)11-17-12-24(3,14-23)15-27(17)34(31,32)18-7-5-6-16(10-18)25-20-19(22(30)33-4)13-26(8-9-28)21(20)29/h5-7,10,17,25,28H,8-9,11-15H2,1-4H3. The molecule has 2 unspecified atom stereocenters. The van der Waals surface area contributed by atoms with Gasteiger partial charge in [-0.1, -0.05) is 26.8 Å². The molecule has 0 aromatic heterocycles. The predicted octanol–water partition coefficient (Wildman–Crippen LogP) is 1.95. The van der Waals surface area contributed by atoms with Crippen LogP contribution in [0, 0.1) is 10.8 Å². The molecule has 1 aliphatic carbocycles. The van der Waals surface area contributed by atoms with Gasteiger partial charge < -0.3 is 20.1 Å². The van der Waals surface area contributed by atoms with E-state index < -0.39 is 21.9 Å². The molecular weight excluding hydrogens is 458 g/mol. The molecule has 1 saturated heterocycles. The summed E-state index contributed by atoms with van der Waals surface area (Å²) in [5.41, 5.74) is 0.595. The SMILES string of the molecule is COC(=O)C1=C(Nc2cccc(S(=O)(=O)N3CC4(C)CC3CC(C)(C)C4)c2)C(=O)N(CCO)C1. The first-order valence-corrected chi connectivity index (χ1v) is 12.9. The van der Waals surface area contributed by atoms with Crippen LogP contribution in [-0.2, 0) is 24.3 Å². The first-order chi connectivity index (χ1) is 15.9. The third-order valence-corrected chi connectivity index (χ3v) is 8.92. The number of β-amino-alcohol motifs (C(OH)–C–C–N with tert-alkyl or cyclic N) is 1. The molecule has 3 aliphatic rings. The van der Waals surface area contributed by atoms with Crippen molar-refractivity contribution in [2.45, 2.75) is 51.0 Å². The van der Waals surface area contributed by atoms with Gasteiger partial charge in [-0.3, -0.25) is 4.79 Å². The van der Waals surface area contributed by atoms with E-state index in [2.05, 4.69) is 26.1 Å². The minimum absolute atomic E-state index is 0.0101. The van der Waals surface area contributed by atoms with Crippen molar-refractivity contribution in [3.8, 4) is 0 Å². The maximum atomic E-state index is 13.6. The molecule has 1 aromatic carbocycles. The Labute approximate surface area is 200 Å². The van der Waals surface area contributed by atoms with E-state index in [1.54, 1.807) is 22.5 Å². The molecule has 2 fully saturated rings. The maximum absolute atomic E-state index is 13.6. The first-order valence-electron chi connectivity index (χ1n) is 11.5. The number of ether oxygens (including phenoxy) is 1. The number of methoxy groups -OCH3 is 1. The normalized spacial score (nSPS) is 26.8. The molecule has 2 atom stereocenters. The Bertz CT molecular complexity index is 1150. The van der Waals surface area contributed by atoms with Crippen LogP contribution in [-0.4, -0.2) is 74.0 Å². The second kappa shape index (κ2) is 8.66. The van der Waals surface area contributed by atoms with Gasteiger partial charge in [0.15, 0.2) is 0 Å². The average molecular weight is 492 g/mol. The van der Waals surface area contributed by atoms with Gasteiger partial charge in [0.2, 0.25) is 10.0 Å². The summed E-state index contributed by atoms with van der Waals surface area (Å²) in [6, 6.07) is 6.28. The van der Waals surface area contributed by atoms with E-state index in [0.29, 0.717) is 12.2 Å². The number of esters is 1. The van der Waals surface area contributed by atoms with E-state index in [9.17, 15) is 23.1 Å². The number of carbonyl (C=O) groups is 2. The van der Waals surface area contributed by atoms with Gasteiger partial charge in [0.05, 0.1) is 30.7 Å². The van der Waals surface area contributed by atoms with Crippen LogP contribution in [0.1, 0.15) is 40.0 Å². The second-order valence-corrected chi connectivity index (χ2v) is 12.6. The van der Waals surface area contributed by atoms with E-state index in [1.165, 1.54) is 18.1 Å². The lowest BCUT2D eigenvalue weighted by Crippen LogP contribution is -2.37. The first kappa shape index (κ1) is 24.7. The number of aliphatic hydroxyl groups is 1. The average Bonchev–Trinajstić information content (AvgIpc) is 3.20. The Morgan fingerprint density at radius 2 is 2.00 bits per heavy atom. The Morgan fingerprint density at radius 1 is 1.26 bits per heavy atom. The summed E-state index contributed by atoms with van der Waals surface area (Å²) in [7, 11) is -2.52. The molecule has 34 heavy (non-hydrogen) atoms. The Morgan fingerprint density at radius 3 is 2.68 bits per heavy atom. The predicted molar refractivity (Wildman–Crippen MR) is 126 cm³/mol. The molecule has 1 aromatic rings. The van der Waals surface area contributed by atoms with Crippen molar-refractivity contribution in [3.63, 3.8) is 0 Å². The molecule has 9 nitrogen and oxygen atoms in total. The zero-order valence-electron chi connectivity index (χ0n) is 20.1. The molecule has 0 spiro atoms. The Kier molecular flexibility index (Phi) is 6.28. The van der Waals surface area contributed by atoms with E-state index >= 15 is 0 Å². The van der Waals surface area contributed by atoms with Crippen molar-refractivity contribution >= 4 is 27.6 Å². The van der Waals surface area contributed by atoms with Gasteiger partial charge in [0.1, 0.15) is 5.70 Å². The van der Waals surface area contributed by atoms with Gasteiger partial charge in [0, 0.05) is 24.8 Å². The van der Waals surface area contributed by atoms with Crippen molar-refractivity contribution < 1.29 is 27.9 Å². The summed E-state index contributed by atoms with van der Waals surface area (Å²) in [5, 5.41) is 12.2. The number of fused-ring (bicyclic) bond motifs is 2. The van der Waals surface area contributed by atoms with E-state index in [4.69, 9.17) is 4.74 Å². The highest BCUT2D eigenvalue weighted by atomic mass is 32.2. The van der Waals surface area contributed by atoms with Gasteiger partial charge in [-0.25, -0.2) is 13.2 Å². The minimum Gasteiger partial charge on any atom is -0.466 e. The number of amides is 1. The van der Waals surface area contributed by atoms with Crippen LogP contribution in [0.5, 0.6) is 0 Å². The molecule has 10 heteroatoms. The van der Waals surface area contributed by atoms with Crippen LogP contribution in [0.25, 0.3) is 0 Å². The van der Waals surface area contributed by atoms with Gasteiger partial charge >= 0.3 is 5.97 Å². The lowest BCUT2D eigenvalue weighted by molar-refractivity contribution is -0.136. The number of nitrogens with one attached hydrogen (secondary N) is 1. The molecule has 4 rings (SSSR count). The minimum atomic E-state index is -3.75. The van der Waals surface area contributed by atoms with Crippen molar-refractivity contribution in [2.75, 3.05) is 38.7 Å². The second-order valence-electron chi connectivity index (χ2n) is 10.7. The number of hydrogen-bond acceptors (Lipinski definition) is 7. The van der Waals surface area contributed by atoms with Crippen LogP contribution in [0.3, 0.4) is 0 Å². The highest BCUT2D eigenvalue weighted by Gasteiger charge is 2.53. The number of benzene rings is 1. The monoisotopic (exact) mass is 491 g/mol. The quantitative estimate of drug-likeness (QED) is 0.560. The summed E-state index contributed by atoms with van der Waals surface area (Å²) in [5.74, 6) is -1.11. The number of hydrogen-bond donors (Lipinski definition) is 2. The Balaban J connectivity index is 1.62. The van der Waals surface area contributed by atoms with Crippen LogP contribution < -0.4 is 5.32 Å². The maximum Gasteiger partial charge on any atom is 0.337 e. The smallest absolute Gasteiger partial charge is 0.337 e. The van der Waals surface area contributed by atoms with Crippen LogP contribution in [0.15, 0.2) is 40.4 Å². The molecule has 2 heterocycles. The van der Waals surface area contributed by atoms with Gasteiger partial charge in [-0.2, -0.15) is 4.31 Å². The van der Waals surface area contributed by atoms with Crippen LogP contribution in [0.2, 0.25) is 0 Å². The number of rotatable bonds is 7. The lowest BCUT2D eigenvalue weighted by Gasteiger charge is -2.39. The summed E-state index contributed by atoms with van der Waals surface area (Å²) in [6.45, 7) is 6.90. The summed E-state index contributed by atoms with van der Waals surface area (Å²) in [4.78, 5) is 26.5. The molecule has 186 valence electrons. The zero-order chi connectivity index (χ0) is 24.9. The fraction of sp³-hybridized carbons (Fsp3) is 0.583. The third-order valence-electron chi connectivity index (χ3n) is 7.03. The summed E-state index contributed by atoms with van der Waals surface area (Å²) in [6.07, 6.45) is 2.67.